The van der Waals surface area contributed by atoms with Gasteiger partial charge in [0.25, 0.3) is 5.91 Å². The molecule has 1 atom stereocenters. The lowest BCUT2D eigenvalue weighted by Gasteiger charge is -2.30. The summed E-state index contributed by atoms with van der Waals surface area (Å²) in [6, 6.07) is 8.17. The Balaban J connectivity index is 1.74. The number of nitrogens with zero attached hydrogens (tertiary/aromatic N) is 1. The molecule has 4 rings (SSSR count). The summed E-state index contributed by atoms with van der Waals surface area (Å²) in [6.45, 7) is 6.84. The van der Waals surface area contributed by atoms with Crippen LogP contribution in [0.2, 0.25) is 0 Å². The highest BCUT2D eigenvalue weighted by molar-refractivity contribution is 6.46. The normalized spacial score (nSPS) is 20.6. The molecule has 0 aliphatic carbocycles. The van der Waals surface area contributed by atoms with Crippen molar-refractivity contribution in [3.05, 3.63) is 70.8 Å². The van der Waals surface area contributed by atoms with E-state index in [1.54, 1.807) is 19.9 Å². The predicted molar refractivity (Wildman–Crippen MR) is 121 cm³/mol. The molecule has 2 aliphatic heterocycles. The number of likely N-dealkylation sites (tertiary alicyclic amines) is 1. The molecular formula is C26H28F2N2O5. The van der Waals surface area contributed by atoms with Crippen molar-refractivity contribution in [2.45, 2.75) is 26.0 Å². The van der Waals surface area contributed by atoms with Crippen LogP contribution < -0.4 is 14.7 Å². The van der Waals surface area contributed by atoms with Crippen molar-refractivity contribution in [3.63, 3.8) is 0 Å². The highest BCUT2D eigenvalue weighted by Gasteiger charge is 2.45. The molecule has 0 saturated carbocycles. The lowest BCUT2D eigenvalue weighted by molar-refractivity contribution is -0.907. The maximum absolute atomic E-state index is 14.9. The van der Waals surface area contributed by atoms with Gasteiger partial charge in [-0.1, -0.05) is 30.0 Å². The van der Waals surface area contributed by atoms with Gasteiger partial charge < -0.3 is 24.4 Å². The average molecular weight is 487 g/mol. The van der Waals surface area contributed by atoms with Crippen LogP contribution in [0.15, 0.2) is 48.0 Å². The second-order valence-corrected chi connectivity index (χ2v) is 8.92. The number of quaternary nitrogens is 1. The van der Waals surface area contributed by atoms with Crippen LogP contribution in [0, 0.1) is 11.6 Å². The van der Waals surface area contributed by atoms with Gasteiger partial charge in [0.05, 0.1) is 38.4 Å². The van der Waals surface area contributed by atoms with E-state index in [2.05, 4.69) is 0 Å². The van der Waals surface area contributed by atoms with Gasteiger partial charge in [0, 0.05) is 11.1 Å². The quantitative estimate of drug-likeness (QED) is 0.357. The summed E-state index contributed by atoms with van der Waals surface area (Å²) in [5.41, 5.74) is -0.446. The number of nitrogens with one attached hydrogen (secondary N) is 1. The molecule has 0 spiro atoms. The molecular weight excluding hydrogens is 458 g/mol. The van der Waals surface area contributed by atoms with Crippen LogP contribution >= 0.6 is 0 Å². The number of ketones is 1. The number of carbonyl (C=O) groups excluding carboxylic acids is 2. The van der Waals surface area contributed by atoms with Crippen molar-refractivity contribution in [3.8, 4) is 5.75 Å². The molecule has 0 aromatic heterocycles. The number of benzene rings is 2. The lowest BCUT2D eigenvalue weighted by atomic mass is 9.95. The van der Waals surface area contributed by atoms with Crippen LogP contribution in [0.1, 0.15) is 31.0 Å². The van der Waals surface area contributed by atoms with E-state index < -0.39 is 35.1 Å². The molecule has 186 valence electrons. The summed E-state index contributed by atoms with van der Waals surface area (Å²) in [4.78, 5) is 28.5. The van der Waals surface area contributed by atoms with Crippen molar-refractivity contribution in [2.75, 3.05) is 39.4 Å². The largest absolute Gasteiger partial charge is 0.872 e. The minimum atomic E-state index is -1.20. The monoisotopic (exact) mass is 486 g/mol. The van der Waals surface area contributed by atoms with Crippen LogP contribution in [0.5, 0.6) is 5.75 Å². The maximum Gasteiger partial charge on any atom is 0.295 e. The number of morpholine rings is 1. The van der Waals surface area contributed by atoms with Gasteiger partial charge in [-0.05, 0) is 37.6 Å². The Labute approximate surface area is 202 Å². The smallest absolute Gasteiger partial charge is 0.295 e. The van der Waals surface area contributed by atoms with Crippen LogP contribution in [0.3, 0.4) is 0 Å². The Morgan fingerprint density at radius 1 is 1.14 bits per heavy atom. The summed E-state index contributed by atoms with van der Waals surface area (Å²) >= 11 is 0. The van der Waals surface area contributed by atoms with E-state index in [1.807, 2.05) is 0 Å². The fraction of sp³-hybridized carbons (Fsp3) is 0.385. The highest BCUT2D eigenvalue weighted by Crippen LogP contribution is 2.39. The van der Waals surface area contributed by atoms with Crippen LogP contribution in [-0.2, 0) is 14.3 Å². The standard InChI is InChI=1S/C26H28F2N2O5/c1-16(2)35-21-8-7-17(15-20(21)28)24(31)22-23(18-5-3-4-6-19(18)27)30(26(33)25(22)32)10-9-29-11-13-34-14-12-29/h3-8,15-16,23,31H,9-14H2,1-2H3. The van der Waals surface area contributed by atoms with Gasteiger partial charge in [-0.3, -0.25) is 9.59 Å². The van der Waals surface area contributed by atoms with Crippen LogP contribution in [0.4, 0.5) is 8.78 Å². The Kier molecular flexibility index (Phi) is 7.47. The van der Waals surface area contributed by atoms with E-state index in [-0.39, 0.29) is 35.1 Å². The first-order valence-electron chi connectivity index (χ1n) is 11.7. The molecule has 2 fully saturated rings. The van der Waals surface area contributed by atoms with E-state index in [1.165, 1.54) is 40.1 Å². The van der Waals surface area contributed by atoms with Gasteiger partial charge in [-0.2, -0.15) is 0 Å². The third-order valence-corrected chi connectivity index (χ3v) is 6.19. The predicted octanol–water partition coefficient (Wildman–Crippen LogP) is 0.891. The molecule has 0 radical (unpaired) electrons. The molecule has 9 heteroatoms. The molecule has 1 unspecified atom stereocenters. The molecule has 35 heavy (non-hydrogen) atoms. The van der Waals surface area contributed by atoms with Gasteiger partial charge in [0.2, 0.25) is 5.78 Å². The lowest BCUT2D eigenvalue weighted by Crippen LogP contribution is -3.14. The van der Waals surface area contributed by atoms with Crippen LogP contribution in [0.25, 0.3) is 5.76 Å². The highest BCUT2D eigenvalue weighted by atomic mass is 19.1. The molecule has 2 saturated heterocycles. The minimum absolute atomic E-state index is 0.0314. The topological polar surface area (TPSA) is 83.3 Å². The van der Waals surface area contributed by atoms with Gasteiger partial charge in [-0.25, -0.2) is 8.78 Å². The first-order valence-corrected chi connectivity index (χ1v) is 11.7. The van der Waals surface area contributed by atoms with Gasteiger partial charge in [-0.15, -0.1) is 0 Å². The second kappa shape index (κ2) is 10.5. The fourth-order valence-electron chi connectivity index (χ4n) is 4.46. The van der Waals surface area contributed by atoms with E-state index in [4.69, 9.17) is 9.47 Å². The van der Waals surface area contributed by atoms with Crippen molar-refractivity contribution < 1.29 is 37.9 Å². The number of rotatable bonds is 7. The average Bonchev–Trinajstić information content (AvgIpc) is 3.09. The molecule has 1 amide bonds. The van der Waals surface area contributed by atoms with E-state index in [0.717, 1.165) is 19.2 Å². The van der Waals surface area contributed by atoms with Gasteiger partial charge in [0.1, 0.15) is 18.9 Å². The summed E-state index contributed by atoms with van der Waals surface area (Å²) in [5.74, 6) is -4.11. The molecule has 7 nitrogen and oxygen atoms in total. The third-order valence-electron chi connectivity index (χ3n) is 6.19. The summed E-state index contributed by atoms with van der Waals surface area (Å²) in [7, 11) is 0. The zero-order valence-corrected chi connectivity index (χ0v) is 19.7. The van der Waals surface area contributed by atoms with Crippen molar-refractivity contribution in [1.29, 1.82) is 0 Å². The molecule has 0 bridgehead atoms. The van der Waals surface area contributed by atoms with Crippen molar-refractivity contribution in [2.24, 2.45) is 0 Å². The zero-order valence-electron chi connectivity index (χ0n) is 19.7. The number of ether oxygens (including phenoxy) is 2. The zero-order chi connectivity index (χ0) is 25.1. The van der Waals surface area contributed by atoms with Gasteiger partial charge in [0.15, 0.2) is 11.6 Å². The van der Waals surface area contributed by atoms with E-state index in [0.29, 0.717) is 19.8 Å². The molecule has 2 aromatic rings. The van der Waals surface area contributed by atoms with E-state index in [9.17, 15) is 23.5 Å². The molecule has 2 aromatic carbocycles. The number of carbonyl (C=O) groups is 2. The third kappa shape index (κ3) is 5.21. The molecule has 1 N–H and O–H groups in total. The molecule has 2 heterocycles. The first-order chi connectivity index (χ1) is 16.8. The Hall–Kier alpha value is -3.30. The second-order valence-electron chi connectivity index (χ2n) is 8.92. The summed E-state index contributed by atoms with van der Waals surface area (Å²) < 4.78 is 40.2. The SMILES string of the molecule is CC(C)Oc1ccc(C([O-])=C2C(=O)C(=O)N(CC[NH+]3CCOCC3)C2c2ccccc2F)cc1F. The number of hydrogen-bond donors (Lipinski definition) is 1. The Morgan fingerprint density at radius 2 is 1.86 bits per heavy atom. The number of amides is 1. The Morgan fingerprint density at radius 3 is 2.51 bits per heavy atom. The van der Waals surface area contributed by atoms with Crippen molar-refractivity contribution in [1.82, 2.24) is 4.90 Å². The Bertz CT molecular complexity index is 1140. The number of Topliss-reactive ketones (excluding diaryl/α,β-unsaturated/α-hetero) is 1. The summed E-state index contributed by atoms with van der Waals surface area (Å²) in [6.07, 6.45) is -0.276. The minimum Gasteiger partial charge on any atom is -0.872 e. The summed E-state index contributed by atoms with van der Waals surface area (Å²) in [5, 5.41) is 13.4. The molecule has 2 aliphatic rings. The number of hydrogen-bond acceptors (Lipinski definition) is 5. The van der Waals surface area contributed by atoms with Crippen LogP contribution in [-0.4, -0.2) is 62.1 Å². The van der Waals surface area contributed by atoms with Crippen molar-refractivity contribution >= 4 is 17.4 Å². The first kappa shape index (κ1) is 24.8. The number of halogens is 2. The van der Waals surface area contributed by atoms with E-state index >= 15 is 0 Å². The van der Waals surface area contributed by atoms with Gasteiger partial charge >= 0.3 is 0 Å². The fourth-order valence-corrected chi connectivity index (χ4v) is 4.46. The maximum atomic E-state index is 14.9.